The second-order valence-corrected chi connectivity index (χ2v) is 8.05. The smallest absolute Gasteiger partial charge is 0.407 e. The molecular weight excluding hydrogens is 346 g/mol. The monoisotopic (exact) mass is 375 g/mol. The van der Waals surface area contributed by atoms with Crippen molar-refractivity contribution >= 4 is 17.9 Å². The SMILES string of the molecule is Cc1ccc(CC(=O)NNC(=O)C2CCC(NC(=O)OC(C)(C)C)C2)cc1. The van der Waals surface area contributed by atoms with Gasteiger partial charge >= 0.3 is 6.09 Å². The Hall–Kier alpha value is -2.57. The average Bonchev–Trinajstić information content (AvgIpc) is 3.01. The van der Waals surface area contributed by atoms with Crippen molar-refractivity contribution in [1.29, 1.82) is 0 Å². The summed E-state index contributed by atoms with van der Waals surface area (Å²) >= 11 is 0. The topological polar surface area (TPSA) is 96.5 Å². The van der Waals surface area contributed by atoms with E-state index in [-0.39, 0.29) is 30.2 Å². The Bertz CT molecular complexity index is 679. The highest BCUT2D eigenvalue weighted by atomic mass is 16.6. The summed E-state index contributed by atoms with van der Waals surface area (Å²) in [5, 5.41) is 2.79. The van der Waals surface area contributed by atoms with Crippen LogP contribution in [0.15, 0.2) is 24.3 Å². The van der Waals surface area contributed by atoms with E-state index in [0.29, 0.717) is 19.3 Å². The molecule has 0 heterocycles. The Morgan fingerprint density at radius 2 is 1.74 bits per heavy atom. The van der Waals surface area contributed by atoms with Crippen molar-refractivity contribution in [1.82, 2.24) is 16.2 Å². The van der Waals surface area contributed by atoms with Gasteiger partial charge in [0.1, 0.15) is 5.60 Å². The van der Waals surface area contributed by atoms with E-state index in [1.54, 1.807) is 20.8 Å². The average molecular weight is 375 g/mol. The van der Waals surface area contributed by atoms with Gasteiger partial charge in [-0.15, -0.1) is 0 Å². The fraction of sp³-hybridized carbons (Fsp3) is 0.550. The highest BCUT2D eigenvalue weighted by molar-refractivity contribution is 5.84. The van der Waals surface area contributed by atoms with Crippen molar-refractivity contribution in [2.24, 2.45) is 5.92 Å². The van der Waals surface area contributed by atoms with Crippen LogP contribution in [-0.4, -0.2) is 29.6 Å². The van der Waals surface area contributed by atoms with Crippen LogP contribution in [-0.2, 0) is 20.7 Å². The lowest BCUT2D eigenvalue weighted by molar-refractivity contribution is -0.130. The van der Waals surface area contributed by atoms with Gasteiger partial charge in [0.15, 0.2) is 0 Å². The van der Waals surface area contributed by atoms with Crippen molar-refractivity contribution in [2.75, 3.05) is 0 Å². The lowest BCUT2D eigenvalue weighted by Crippen LogP contribution is -2.45. The molecule has 0 saturated heterocycles. The molecule has 0 bridgehead atoms. The van der Waals surface area contributed by atoms with Gasteiger partial charge in [0, 0.05) is 12.0 Å². The summed E-state index contributed by atoms with van der Waals surface area (Å²) in [6, 6.07) is 7.56. The molecule has 27 heavy (non-hydrogen) atoms. The number of amides is 3. The van der Waals surface area contributed by atoms with Crippen LogP contribution in [0.2, 0.25) is 0 Å². The number of carbonyl (C=O) groups is 3. The third-order valence-corrected chi connectivity index (χ3v) is 4.33. The molecule has 148 valence electrons. The summed E-state index contributed by atoms with van der Waals surface area (Å²) in [5.74, 6) is -0.751. The molecule has 1 aliphatic rings. The molecule has 0 spiro atoms. The largest absolute Gasteiger partial charge is 0.444 e. The van der Waals surface area contributed by atoms with Gasteiger partial charge in [-0.05, 0) is 52.5 Å². The zero-order chi connectivity index (χ0) is 20.0. The summed E-state index contributed by atoms with van der Waals surface area (Å²) < 4.78 is 5.23. The predicted octanol–water partition coefficient (Wildman–Crippen LogP) is 2.38. The standard InChI is InChI=1S/C20H29N3O4/c1-13-5-7-14(8-6-13)11-17(24)22-23-18(25)15-9-10-16(12-15)21-19(26)27-20(2,3)4/h5-8,15-16H,9-12H2,1-4H3,(H,21,26)(H,22,24)(H,23,25). The molecule has 0 aliphatic heterocycles. The maximum Gasteiger partial charge on any atom is 0.407 e. The Kier molecular flexibility index (Phi) is 6.82. The third kappa shape index (κ3) is 7.29. The van der Waals surface area contributed by atoms with E-state index in [2.05, 4.69) is 16.2 Å². The third-order valence-electron chi connectivity index (χ3n) is 4.33. The van der Waals surface area contributed by atoms with E-state index in [1.165, 1.54) is 0 Å². The molecular formula is C20H29N3O4. The van der Waals surface area contributed by atoms with Gasteiger partial charge in [-0.25, -0.2) is 4.79 Å². The molecule has 0 radical (unpaired) electrons. The van der Waals surface area contributed by atoms with E-state index in [0.717, 1.165) is 11.1 Å². The number of hydrogen-bond donors (Lipinski definition) is 3. The van der Waals surface area contributed by atoms with Crippen LogP contribution in [0.4, 0.5) is 4.79 Å². The van der Waals surface area contributed by atoms with Crippen molar-refractivity contribution in [3.63, 3.8) is 0 Å². The van der Waals surface area contributed by atoms with Gasteiger partial charge in [0.25, 0.3) is 0 Å². The minimum absolute atomic E-state index is 0.0983. The first kappa shape index (κ1) is 20.7. The zero-order valence-corrected chi connectivity index (χ0v) is 16.4. The molecule has 1 aromatic carbocycles. The molecule has 7 nitrogen and oxygen atoms in total. The molecule has 1 fully saturated rings. The van der Waals surface area contributed by atoms with E-state index in [9.17, 15) is 14.4 Å². The first-order valence-corrected chi connectivity index (χ1v) is 9.26. The minimum atomic E-state index is -0.554. The Balaban J connectivity index is 1.71. The minimum Gasteiger partial charge on any atom is -0.444 e. The Labute approximate surface area is 160 Å². The van der Waals surface area contributed by atoms with Crippen molar-refractivity contribution in [3.8, 4) is 0 Å². The first-order valence-electron chi connectivity index (χ1n) is 9.26. The Morgan fingerprint density at radius 1 is 1.07 bits per heavy atom. The van der Waals surface area contributed by atoms with E-state index in [1.807, 2.05) is 31.2 Å². The van der Waals surface area contributed by atoms with E-state index < -0.39 is 11.7 Å². The van der Waals surface area contributed by atoms with Crippen LogP contribution < -0.4 is 16.2 Å². The van der Waals surface area contributed by atoms with Crippen LogP contribution >= 0.6 is 0 Å². The molecule has 1 aromatic rings. The number of benzene rings is 1. The summed E-state index contributed by atoms with van der Waals surface area (Å²) in [6.07, 6.45) is 1.61. The van der Waals surface area contributed by atoms with E-state index >= 15 is 0 Å². The van der Waals surface area contributed by atoms with Gasteiger partial charge in [-0.2, -0.15) is 0 Å². The Morgan fingerprint density at radius 3 is 2.37 bits per heavy atom. The zero-order valence-electron chi connectivity index (χ0n) is 16.4. The van der Waals surface area contributed by atoms with Gasteiger partial charge in [-0.3, -0.25) is 20.4 Å². The molecule has 7 heteroatoms. The highest BCUT2D eigenvalue weighted by Gasteiger charge is 2.32. The van der Waals surface area contributed by atoms with E-state index in [4.69, 9.17) is 4.74 Å². The number of aryl methyl sites for hydroxylation is 1. The van der Waals surface area contributed by atoms with Crippen LogP contribution in [0.5, 0.6) is 0 Å². The summed E-state index contributed by atoms with van der Waals surface area (Å²) in [4.78, 5) is 36.0. The number of rotatable bonds is 4. The summed E-state index contributed by atoms with van der Waals surface area (Å²) in [7, 11) is 0. The van der Waals surface area contributed by atoms with Crippen LogP contribution in [0, 0.1) is 12.8 Å². The molecule has 1 aliphatic carbocycles. The fourth-order valence-electron chi connectivity index (χ4n) is 2.99. The predicted molar refractivity (Wildman–Crippen MR) is 102 cm³/mol. The molecule has 3 amide bonds. The summed E-state index contributed by atoms with van der Waals surface area (Å²) in [6.45, 7) is 7.39. The van der Waals surface area contributed by atoms with Crippen molar-refractivity contribution in [3.05, 3.63) is 35.4 Å². The van der Waals surface area contributed by atoms with Gasteiger partial charge in [0.05, 0.1) is 6.42 Å². The van der Waals surface area contributed by atoms with Crippen LogP contribution in [0.1, 0.15) is 51.2 Å². The fourth-order valence-corrected chi connectivity index (χ4v) is 2.99. The van der Waals surface area contributed by atoms with Gasteiger partial charge < -0.3 is 10.1 Å². The number of carbonyl (C=O) groups excluding carboxylic acids is 3. The number of alkyl carbamates (subject to hydrolysis) is 1. The molecule has 2 atom stereocenters. The molecule has 1 saturated carbocycles. The maximum absolute atomic E-state index is 12.2. The van der Waals surface area contributed by atoms with Crippen molar-refractivity contribution in [2.45, 2.75) is 65.0 Å². The number of nitrogens with one attached hydrogen (secondary N) is 3. The van der Waals surface area contributed by atoms with Crippen LogP contribution in [0.3, 0.4) is 0 Å². The number of hydrogen-bond acceptors (Lipinski definition) is 4. The normalized spacial score (nSPS) is 19.3. The lowest BCUT2D eigenvalue weighted by Gasteiger charge is -2.21. The maximum atomic E-state index is 12.2. The lowest BCUT2D eigenvalue weighted by atomic mass is 10.1. The molecule has 0 aromatic heterocycles. The van der Waals surface area contributed by atoms with Gasteiger partial charge in [0.2, 0.25) is 11.8 Å². The second-order valence-electron chi connectivity index (χ2n) is 8.05. The van der Waals surface area contributed by atoms with Gasteiger partial charge in [-0.1, -0.05) is 29.8 Å². The molecule has 3 N–H and O–H groups in total. The first-order chi connectivity index (χ1) is 12.6. The number of ether oxygens (including phenoxy) is 1. The highest BCUT2D eigenvalue weighted by Crippen LogP contribution is 2.25. The van der Waals surface area contributed by atoms with Crippen molar-refractivity contribution < 1.29 is 19.1 Å². The number of hydrazine groups is 1. The quantitative estimate of drug-likeness (QED) is 0.704. The van der Waals surface area contributed by atoms with Crippen LogP contribution in [0.25, 0.3) is 0 Å². The molecule has 2 rings (SSSR count). The second kappa shape index (κ2) is 8.88. The summed E-state index contributed by atoms with van der Waals surface area (Å²) in [5.41, 5.74) is 6.40. The molecule has 2 unspecified atom stereocenters.